The number of carbonyl (C=O) groups is 1. The van der Waals surface area contributed by atoms with Crippen LogP contribution in [0, 0.1) is 23.7 Å². The molecule has 1 heterocycles. The molecular formula is C14H19N3OS. The zero-order valence-corrected chi connectivity index (χ0v) is 11.7. The lowest BCUT2D eigenvalue weighted by Gasteiger charge is -2.54. The Morgan fingerprint density at radius 3 is 2.37 bits per heavy atom. The molecule has 4 fully saturated rings. The monoisotopic (exact) mass is 277 g/mol. The van der Waals surface area contributed by atoms with Crippen LogP contribution in [0.2, 0.25) is 0 Å². The van der Waals surface area contributed by atoms with Crippen LogP contribution in [-0.4, -0.2) is 16.9 Å². The highest BCUT2D eigenvalue weighted by Crippen LogP contribution is 2.53. The van der Waals surface area contributed by atoms with Crippen molar-refractivity contribution in [1.29, 1.82) is 0 Å². The van der Waals surface area contributed by atoms with Crippen molar-refractivity contribution in [3.8, 4) is 0 Å². The molecule has 4 bridgehead atoms. The number of nitrogens with zero attached hydrogens (tertiary/aromatic N) is 1. The lowest BCUT2D eigenvalue weighted by molar-refractivity contribution is -0.0120. The topological polar surface area (TPSA) is 68.0 Å². The van der Waals surface area contributed by atoms with Crippen LogP contribution in [0.1, 0.15) is 42.6 Å². The van der Waals surface area contributed by atoms with Crippen molar-refractivity contribution in [3.05, 3.63) is 11.1 Å². The van der Waals surface area contributed by atoms with Crippen LogP contribution in [0.3, 0.4) is 0 Å². The molecule has 4 aliphatic rings. The van der Waals surface area contributed by atoms with E-state index < -0.39 is 0 Å². The molecular weight excluding hydrogens is 258 g/mol. The average Bonchev–Trinajstić information content (AvgIpc) is 2.79. The van der Waals surface area contributed by atoms with Crippen LogP contribution in [0.5, 0.6) is 0 Å². The lowest BCUT2D eigenvalue weighted by atomic mass is 9.54. The van der Waals surface area contributed by atoms with Gasteiger partial charge >= 0.3 is 0 Å². The molecule has 0 aliphatic heterocycles. The van der Waals surface area contributed by atoms with Crippen molar-refractivity contribution < 1.29 is 4.79 Å². The third kappa shape index (κ3) is 1.95. The van der Waals surface area contributed by atoms with E-state index in [-0.39, 0.29) is 5.91 Å². The highest BCUT2D eigenvalue weighted by molar-refractivity contribution is 7.13. The molecule has 1 amide bonds. The first kappa shape index (κ1) is 11.7. The highest BCUT2D eigenvalue weighted by atomic mass is 32.1. The van der Waals surface area contributed by atoms with Crippen LogP contribution >= 0.6 is 11.3 Å². The minimum absolute atomic E-state index is 0.0366. The Balaban J connectivity index is 1.49. The summed E-state index contributed by atoms with van der Waals surface area (Å²) in [7, 11) is 0. The Hall–Kier alpha value is -1.10. The Morgan fingerprint density at radius 2 is 1.84 bits per heavy atom. The maximum absolute atomic E-state index is 12.2. The number of hydrogen-bond donors (Lipinski definition) is 2. The van der Waals surface area contributed by atoms with E-state index in [1.54, 1.807) is 5.38 Å². The molecule has 1 aromatic heterocycles. The number of aromatic nitrogens is 1. The highest BCUT2D eigenvalue weighted by Gasteiger charge is 2.48. The third-order valence-corrected chi connectivity index (χ3v) is 5.95. The molecule has 0 atom stereocenters. The molecule has 102 valence electrons. The van der Waals surface area contributed by atoms with E-state index in [0.29, 0.717) is 28.7 Å². The first-order chi connectivity index (χ1) is 9.19. The summed E-state index contributed by atoms with van der Waals surface area (Å²) in [4.78, 5) is 16.3. The first-order valence-electron chi connectivity index (χ1n) is 7.21. The van der Waals surface area contributed by atoms with E-state index in [1.165, 1.54) is 43.4 Å². The minimum Gasteiger partial charge on any atom is -0.375 e. The molecule has 4 nitrogen and oxygen atoms in total. The second kappa shape index (κ2) is 4.20. The molecule has 19 heavy (non-hydrogen) atoms. The number of rotatable bonds is 2. The Labute approximate surface area is 116 Å². The second-order valence-corrected chi connectivity index (χ2v) is 7.39. The summed E-state index contributed by atoms with van der Waals surface area (Å²) < 4.78 is 0. The molecule has 0 unspecified atom stereocenters. The minimum atomic E-state index is -0.0366. The van der Waals surface area contributed by atoms with E-state index >= 15 is 0 Å². The zero-order valence-electron chi connectivity index (χ0n) is 10.8. The largest absolute Gasteiger partial charge is 0.375 e. The van der Waals surface area contributed by atoms with Gasteiger partial charge in [-0.25, -0.2) is 4.98 Å². The van der Waals surface area contributed by atoms with Crippen LogP contribution in [0.4, 0.5) is 5.13 Å². The SMILES string of the molecule is Nc1nc(C(=O)NC2C3CC4CC(C3)CC2C4)cs1. The van der Waals surface area contributed by atoms with E-state index in [2.05, 4.69) is 10.3 Å². The number of thiazole rings is 1. The zero-order chi connectivity index (χ0) is 13.0. The van der Waals surface area contributed by atoms with Gasteiger partial charge in [-0.1, -0.05) is 0 Å². The van der Waals surface area contributed by atoms with E-state index in [0.717, 1.165) is 11.8 Å². The number of amides is 1. The van der Waals surface area contributed by atoms with E-state index in [1.807, 2.05) is 0 Å². The fraction of sp³-hybridized carbons (Fsp3) is 0.714. The van der Waals surface area contributed by atoms with Crippen molar-refractivity contribution in [2.24, 2.45) is 23.7 Å². The fourth-order valence-electron chi connectivity index (χ4n) is 4.78. The predicted molar refractivity (Wildman–Crippen MR) is 74.8 cm³/mol. The van der Waals surface area contributed by atoms with Gasteiger partial charge in [-0.05, 0) is 55.8 Å². The summed E-state index contributed by atoms with van der Waals surface area (Å²) in [6.07, 6.45) is 6.71. The van der Waals surface area contributed by atoms with Gasteiger partial charge in [-0.2, -0.15) is 0 Å². The van der Waals surface area contributed by atoms with Gasteiger partial charge in [-0.15, -0.1) is 11.3 Å². The van der Waals surface area contributed by atoms with E-state index in [9.17, 15) is 4.79 Å². The quantitative estimate of drug-likeness (QED) is 0.871. The van der Waals surface area contributed by atoms with Crippen LogP contribution < -0.4 is 11.1 Å². The molecule has 0 saturated heterocycles. The molecule has 0 aromatic carbocycles. The van der Waals surface area contributed by atoms with Crippen molar-refractivity contribution in [1.82, 2.24) is 10.3 Å². The molecule has 4 aliphatic carbocycles. The number of anilines is 1. The summed E-state index contributed by atoms with van der Waals surface area (Å²) in [5.74, 6) is 3.24. The summed E-state index contributed by atoms with van der Waals surface area (Å²) in [6, 6.07) is 0.378. The van der Waals surface area contributed by atoms with Gasteiger partial charge in [0.05, 0.1) is 0 Å². The first-order valence-corrected chi connectivity index (χ1v) is 8.09. The molecule has 1 aromatic rings. The van der Waals surface area contributed by atoms with Gasteiger partial charge in [0.15, 0.2) is 5.13 Å². The Morgan fingerprint density at radius 1 is 1.21 bits per heavy atom. The molecule has 0 spiro atoms. The summed E-state index contributed by atoms with van der Waals surface area (Å²) >= 11 is 1.33. The average molecular weight is 277 g/mol. The van der Waals surface area contributed by atoms with Crippen molar-refractivity contribution >= 4 is 22.4 Å². The standard InChI is InChI=1S/C14H19N3OS/c15-14-16-11(6-19-14)13(18)17-12-9-2-7-1-8(4-9)5-10(12)3-7/h6-10,12H,1-5H2,(H2,15,16)(H,17,18). The summed E-state index contributed by atoms with van der Waals surface area (Å²) in [5.41, 5.74) is 6.08. The Bertz CT molecular complexity index is 485. The predicted octanol–water partition coefficient (Wildman–Crippen LogP) is 2.28. The van der Waals surface area contributed by atoms with Crippen molar-refractivity contribution in [2.45, 2.75) is 38.1 Å². The van der Waals surface area contributed by atoms with Crippen LogP contribution in [0.25, 0.3) is 0 Å². The fourth-order valence-corrected chi connectivity index (χ4v) is 5.32. The van der Waals surface area contributed by atoms with Gasteiger partial charge in [0.2, 0.25) is 0 Å². The van der Waals surface area contributed by atoms with Gasteiger partial charge in [0.1, 0.15) is 5.69 Å². The number of nitrogen functional groups attached to an aromatic ring is 1. The van der Waals surface area contributed by atoms with Gasteiger partial charge in [0, 0.05) is 11.4 Å². The van der Waals surface area contributed by atoms with Gasteiger partial charge in [-0.3, -0.25) is 4.79 Å². The summed E-state index contributed by atoms with van der Waals surface area (Å²) in [5, 5.41) is 5.46. The maximum atomic E-state index is 12.2. The lowest BCUT2D eigenvalue weighted by Crippen LogP contribution is -2.55. The molecule has 4 saturated carbocycles. The number of nitrogens with one attached hydrogen (secondary N) is 1. The molecule has 5 rings (SSSR count). The summed E-state index contributed by atoms with van der Waals surface area (Å²) in [6.45, 7) is 0. The molecule has 3 N–H and O–H groups in total. The third-order valence-electron chi connectivity index (χ3n) is 5.28. The molecule has 5 heteroatoms. The number of carbonyl (C=O) groups excluding carboxylic acids is 1. The van der Waals surface area contributed by atoms with Crippen molar-refractivity contribution in [2.75, 3.05) is 5.73 Å². The molecule has 0 radical (unpaired) electrons. The van der Waals surface area contributed by atoms with Gasteiger partial charge in [0.25, 0.3) is 5.91 Å². The maximum Gasteiger partial charge on any atom is 0.271 e. The normalized spacial score (nSPS) is 39.5. The van der Waals surface area contributed by atoms with Crippen molar-refractivity contribution in [3.63, 3.8) is 0 Å². The smallest absolute Gasteiger partial charge is 0.271 e. The Kier molecular flexibility index (Phi) is 2.59. The van der Waals surface area contributed by atoms with Gasteiger partial charge < -0.3 is 11.1 Å². The number of hydrogen-bond acceptors (Lipinski definition) is 4. The van der Waals surface area contributed by atoms with E-state index in [4.69, 9.17) is 5.73 Å². The van der Waals surface area contributed by atoms with Crippen LogP contribution in [0.15, 0.2) is 5.38 Å². The van der Waals surface area contributed by atoms with Crippen LogP contribution in [-0.2, 0) is 0 Å². The number of nitrogens with two attached hydrogens (primary N) is 1. The second-order valence-electron chi connectivity index (χ2n) is 6.50.